The van der Waals surface area contributed by atoms with Crippen LogP contribution in [0.4, 0.5) is 0 Å². The van der Waals surface area contributed by atoms with Crippen molar-refractivity contribution in [1.29, 1.82) is 0 Å². The van der Waals surface area contributed by atoms with Crippen LogP contribution < -0.4 is 5.73 Å². The molecule has 4 heteroatoms. The summed E-state index contributed by atoms with van der Waals surface area (Å²) in [6.07, 6.45) is 2.74. The first-order valence-electron chi connectivity index (χ1n) is 4.71. The van der Waals surface area contributed by atoms with Crippen molar-refractivity contribution in [2.24, 2.45) is 5.73 Å². The molecule has 3 nitrogen and oxygen atoms in total. The minimum absolute atomic E-state index is 0.729. The Bertz CT molecular complexity index is 278. The normalized spacial score (nSPS) is 10.9. The third-order valence-corrected chi connectivity index (χ3v) is 2.19. The van der Waals surface area contributed by atoms with E-state index in [0.29, 0.717) is 0 Å². The van der Waals surface area contributed by atoms with Gasteiger partial charge in [0.1, 0.15) is 0 Å². The Hall–Kier alpha value is -0.640. The first-order chi connectivity index (χ1) is 6.72. The summed E-state index contributed by atoms with van der Waals surface area (Å²) in [5.74, 6) is 0. The van der Waals surface area contributed by atoms with Gasteiger partial charge in [-0.15, -0.1) is 0 Å². The Labute approximate surface area is 89.9 Å². The fraction of sp³-hybridized carbons (Fsp3) is 0.500. The summed E-state index contributed by atoms with van der Waals surface area (Å²) in [7, 11) is 2.05. The largest absolute Gasteiger partial charge is 0.330 e. The number of aromatic nitrogens is 1. The fourth-order valence-electron chi connectivity index (χ4n) is 1.25. The van der Waals surface area contributed by atoms with Crippen molar-refractivity contribution >= 4 is 11.6 Å². The monoisotopic (exact) mass is 213 g/mol. The summed E-state index contributed by atoms with van der Waals surface area (Å²) >= 11 is 5.85. The molecule has 1 heterocycles. The van der Waals surface area contributed by atoms with Crippen molar-refractivity contribution in [2.75, 3.05) is 20.1 Å². The van der Waals surface area contributed by atoms with Crippen molar-refractivity contribution in [3.05, 3.63) is 29.0 Å². The Morgan fingerprint density at radius 1 is 1.57 bits per heavy atom. The van der Waals surface area contributed by atoms with Crippen molar-refractivity contribution in [3.8, 4) is 0 Å². The van der Waals surface area contributed by atoms with E-state index in [1.807, 2.05) is 6.07 Å². The van der Waals surface area contributed by atoms with Gasteiger partial charge >= 0.3 is 0 Å². The summed E-state index contributed by atoms with van der Waals surface area (Å²) in [6, 6.07) is 3.67. The van der Waals surface area contributed by atoms with Gasteiger partial charge in [-0.2, -0.15) is 0 Å². The highest BCUT2D eigenvalue weighted by molar-refractivity contribution is 6.30. The molecule has 1 rings (SSSR count). The number of nitrogens with two attached hydrogens (primary N) is 1. The molecule has 0 aliphatic rings. The highest BCUT2D eigenvalue weighted by Gasteiger charge is 2.01. The highest BCUT2D eigenvalue weighted by Crippen LogP contribution is 2.09. The van der Waals surface area contributed by atoms with Crippen molar-refractivity contribution < 1.29 is 0 Å². The maximum atomic E-state index is 5.85. The van der Waals surface area contributed by atoms with E-state index >= 15 is 0 Å². The standard InChI is InChI=1S/C10H16ClN3/c1-14(6-2-4-12)8-10-7-9(11)3-5-13-10/h3,5,7H,2,4,6,8,12H2,1H3. The van der Waals surface area contributed by atoms with Gasteiger partial charge in [-0.1, -0.05) is 11.6 Å². The Balaban J connectivity index is 2.43. The number of pyridine rings is 1. The molecule has 2 N–H and O–H groups in total. The van der Waals surface area contributed by atoms with Gasteiger partial charge in [0.05, 0.1) is 5.69 Å². The Morgan fingerprint density at radius 3 is 3.00 bits per heavy atom. The molecule has 0 saturated heterocycles. The molecule has 0 radical (unpaired) electrons. The highest BCUT2D eigenvalue weighted by atomic mass is 35.5. The molecule has 14 heavy (non-hydrogen) atoms. The van der Waals surface area contributed by atoms with Crippen LogP contribution >= 0.6 is 11.6 Å². The molecular weight excluding hydrogens is 198 g/mol. The molecule has 0 bridgehead atoms. The van der Waals surface area contributed by atoms with Crippen molar-refractivity contribution in [1.82, 2.24) is 9.88 Å². The number of halogens is 1. The summed E-state index contributed by atoms with van der Waals surface area (Å²) in [5.41, 5.74) is 6.43. The first kappa shape index (κ1) is 11.4. The summed E-state index contributed by atoms with van der Waals surface area (Å²) in [4.78, 5) is 6.42. The minimum Gasteiger partial charge on any atom is -0.330 e. The lowest BCUT2D eigenvalue weighted by Crippen LogP contribution is -2.21. The molecule has 0 aliphatic carbocycles. The Kier molecular flexibility index (Phi) is 4.87. The smallest absolute Gasteiger partial charge is 0.0558 e. The van der Waals surface area contributed by atoms with Crippen LogP contribution in [-0.2, 0) is 6.54 Å². The summed E-state index contributed by atoms with van der Waals surface area (Å²) in [6.45, 7) is 2.54. The van der Waals surface area contributed by atoms with Crippen LogP contribution in [0.25, 0.3) is 0 Å². The molecule has 0 aromatic carbocycles. The topological polar surface area (TPSA) is 42.1 Å². The van der Waals surface area contributed by atoms with Crippen molar-refractivity contribution in [3.63, 3.8) is 0 Å². The average molecular weight is 214 g/mol. The first-order valence-corrected chi connectivity index (χ1v) is 5.09. The van der Waals surface area contributed by atoms with Gasteiger partial charge in [0, 0.05) is 17.8 Å². The Morgan fingerprint density at radius 2 is 2.36 bits per heavy atom. The third kappa shape index (κ3) is 4.05. The minimum atomic E-state index is 0.729. The SMILES string of the molecule is CN(CCCN)Cc1cc(Cl)ccn1. The van der Waals surface area contributed by atoms with Crippen LogP contribution in [-0.4, -0.2) is 30.0 Å². The fourth-order valence-corrected chi connectivity index (χ4v) is 1.43. The van der Waals surface area contributed by atoms with E-state index in [1.54, 1.807) is 12.3 Å². The second-order valence-electron chi connectivity index (χ2n) is 3.35. The van der Waals surface area contributed by atoms with E-state index in [4.69, 9.17) is 17.3 Å². The van der Waals surface area contributed by atoms with Crippen molar-refractivity contribution in [2.45, 2.75) is 13.0 Å². The zero-order valence-electron chi connectivity index (χ0n) is 8.41. The lowest BCUT2D eigenvalue weighted by molar-refractivity contribution is 0.320. The van der Waals surface area contributed by atoms with E-state index in [2.05, 4.69) is 16.9 Å². The maximum absolute atomic E-state index is 5.85. The van der Waals surface area contributed by atoms with Gasteiger partial charge in [0.15, 0.2) is 0 Å². The lowest BCUT2D eigenvalue weighted by atomic mass is 10.3. The number of nitrogens with zero attached hydrogens (tertiary/aromatic N) is 2. The van der Waals surface area contributed by atoms with Crippen LogP contribution in [0.15, 0.2) is 18.3 Å². The van der Waals surface area contributed by atoms with Crippen LogP contribution in [0, 0.1) is 0 Å². The molecular formula is C10H16ClN3. The predicted octanol–water partition coefficient (Wildman–Crippen LogP) is 1.52. The summed E-state index contributed by atoms with van der Waals surface area (Å²) < 4.78 is 0. The predicted molar refractivity (Wildman–Crippen MR) is 59.3 cm³/mol. The average Bonchev–Trinajstić information content (AvgIpc) is 2.15. The zero-order chi connectivity index (χ0) is 10.4. The van der Waals surface area contributed by atoms with E-state index in [0.717, 1.165) is 36.8 Å². The van der Waals surface area contributed by atoms with E-state index in [9.17, 15) is 0 Å². The maximum Gasteiger partial charge on any atom is 0.0558 e. The number of hydrogen-bond acceptors (Lipinski definition) is 3. The van der Waals surface area contributed by atoms with Crippen LogP contribution in [0.2, 0.25) is 5.02 Å². The van der Waals surface area contributed by atoms with Gasteiger partial charge < -0.3 is 10.6 Å². The quantitative estimate of drug-likeness (QED) is 0.807. The van der Waals surface area contributed by atoms with Gasteiger partial charge in [0.2, 0.25) is 0 Å². The molecule has 0 fully saturated rings. The summed E-state index contributed by atoms with van der Waals surface area (Å²) in [5, 5.41) is 0.738. The van der Waals surface area contributed by atoms with E-state index in [1.165, 1.54) is 0 Å². The molecule has 0 spiro atoms. The lowest BCUT2D eigenvalue weighted by Gasteiger charge is -2.15. The molecule has 0 aliphatic heterocycles. The zero-order valence-corrected chi connectivity index (χ0v) is 9.17. The second kappa shape index (κ2) is 5.96. The molecule has 0 amide bonds. The molecule has 0 saturated carbocycles. The van der Waals surface area contributed by atoms with E-state index < -0.39 is 0 Å². The van der Waals surface area contributed by atoms with E-state index in [-0.39, 0.29) is 0 Å². The van der Waals surface area contributed by atoms with Gasteiger partial charge in [-0.25, -0.2) is 0 Å². The number of rotatable bonds is 5. The molecule has 78 valence electrons. The van der Waals surface area contributed by atoms with Crippen LogP contribution in [0.3, 0.4) is 0 Å². The van der Waals surface area contributed by atoms with Crippen LogP contribution in [0.1, 0.15) is 12.1 Å². The van der Waals surface area contributed by atoms with Gasteiger partial charge in [-0.05, 0) is 38.7 Å². The van der Waals surface area contributed by atoms with Crippen LogP contribution in [0.5, 0.6) is 0 Å². The molecule has 0 atom stereocenters. The van der Waals surface area contributed by atoms with Gasteiger partial charge in [0.25, 0.3) is 0 Å². The third-order valence-electron chi connectivity index (χ3n) is 1.95. The number of hydrogen-bond donors (Lipinski definition) is 1. The second-order valence-corrected chi connectivity index (χ2v) is 3.78. The molecule has 1 aromatic rings. The molecule has 1 aromatic heterocycles. The molecule has 0 unspecified atom stereocenters. The van der Waals surface area contributed by atoms with Gasteiger partial charge in [-0.3, -0.25) is 4.98 Å².